The Bertz CT molecular complexity index is 2820. The molecule has 70 heavy (non-hydrogen) atoms. The van der Waals surface area contributed by atoms with Crippen LogP contribution in [0.4, 0.5) is 23.1 Å². The van der Waals surface area contributed by atoms with Crippen molar-refractivity contribution < 1.29 is 24.0 Å². The zero-order valence-corrected chi connectivity index (χ0v) is 40.0. The number of nitrogens with one attached hydrogen (secondary N) is 2. The monoisotopic (exact) mass is 949 g/mol. The highest BCUT2D eigenvalue weighted by molar-refractivity contribution is 6.24. The number of aliphatic imine (C=N–C) groups is 1. The minimum atomic E-state index is -0.962. The fraction of sp³-hybridized carbons (Fsp3) is 0.480. The average Bonchev–Trinajstić information content (AvgIpc) is 4.10. The molecule has 20 nitrogen and oxygen atoms in total. The quantitative estimate of drug-likeness (QED) is 0.208. The van der Waals surface area contributed by atoms with Gasteiger partial charge < -0.3 is 24.9 Å². The van der Waals surface area contributed by atoms with Crippen LogP contribution in [0.1, 0.15) is 83.0 Å². The summed E-state index contributed by atoms with van der Waals surface area (Å²) in [6, 6.07) is 14.3. The van der Waals surface area contributed by atoms with Gasteiger partial charge in [0.25, 0.3) is 17.7 Å². The van der Waals surface area contributed by atoms with Crippen LogP contribution in [0.25, 0.3) is 0 Å². The van der Waals surface area contributed by atoms with Crippen molar-refractivity contribution in [1.29, 1.82) is 0 Å². The van der Waals surface area contributed by atoms with Gasteiger partial charge in [-0.15, -0.1) is 0 Å². The van der Waals surface area contributed by atoms with Gasteiger partial charge in [0, 0.05) is 133 Å². The molecule has 4 saturated heterocycles. The lowest BCUT2D eigenvalue weighted by Gasteiger charge is -2.40. The molecule has 1 unspecified atom stereocenters. The van der Waals surface area contributed by atoms with Gasteiger partial charge in [0.15, 0.2) is 0 Å². The Morgan fingerprint density at radius 2 is 1.51 bits per heavy atom. The van der Waals surface area contributed by atoms with Crippen molar-refractivity contribution in [2.75, 3.05) is 112 Å². The van der Waals surface area contributed by atoms with Crippen molar-refractivity contribution in [3.8, 4) is 0 Å². The third-order valence-electron chi connectivity index (χ3n) is 15.6. The first-order valence-corrected chi connectivity index (χ1v) is 24.7. The summed E-state index contributed by atoms with van der Waals surface area (Å²) < 4.78 is 1.66. The van der Waals surface area contributed by atoms with Gasteiger partial charge in [-0.25, -0.2) is 9.67 Å². The molecule has 0 aliphatic carbocycles. The molecule has 0 radical (unpaired) electrons. The number of carbonyl (C=O) groups excluding carboxylic acids is 5. The number of piperazine rings is 2. The van der Waals surface area contributed by atoms with Crippen LogP contribution in [0.2, 0.25) is 0 Å². The van der Waals surface area contributed by atoms with Crippen LogP contribution in [0.5, 0.6) is 0 Å². The minimum Gasteiger partial charge on any atom is -0.371 e. The van der Waals surface area contributed by atoms with E-state index in [0.717, 1.165) is 142 Å². The van der Waals surface area contributed by atoms with E-state index < -0.39 is 23.8 Å². The largest absolute Gasteiger partial charge is 0.371 e. The van der Waals surface area contributed by atoms with Crippen LogP contribution in [-0.2, 0) is 20.9 Å². The highest BCUT2D eigenvalue weighted by Crippen LogP contribution is 2.35. The number of benzene rings is 2. The van der Waals surface area contributed by atoms with Gasteiger partial charge in [-0.1, -0.05) is 11.2 Å². The summed E-state index contributed by atoms with van der Waals surface area (Å²) in [7, 11) is 1.86. The van der Waals surface area contributed by atoms with Crippen LogP contribution in [0, 0.1) is 5.92 Å². The molecule has 2 N–H and O–H groups in total. The Morgan fingerprint density at radius 3 is 2.27 bits per heavy atom. The van der Waals surface area contributed by atoms with E-state index in [4.69, 9.17) is 9.98 Å². The smallest absolute Gasteiger partial charge is 0.262 e. The number of tetrazole rings is 1. The van der Waals surface area contributed by atoms with Crippen LogP contribution in [0.3, 0.4) is 0 Å². The maximum absolute atomic E-state index is 13.7. The first kappa shape index (κ1) is 45.5. The number of allylic oxidation sites excluding steroid dienone is 1. The zero-order chi connectivity index (χ0) is 48.2. The lowest BCUT2D eigenvalue weighted by Crippen LogP contribution is -2.54. The second-order valence-corrected chi connectivity index (χ2v) is 19.6. The summed E-state index contributed by atoms with van der Waals surface area (Å²) in [5, 5.41) is 17.4. The van der Waals surface area contributed by atoms with Crippen molar-refractivity contribution in [2.24, 2.45) is 10.9 Å². The molecule has 0 spiro atoms. The summed E-state index contributed by atoms with van der Waals surface area (Å²) in [6.45, 7) is 17.5. The van der Waals surface area contributed by atoms with Gasteiger partial charge in [-0.2, -0.15) is 0 Å². The van der Waals surface area contributed by atoms with Crippen LogP contribution in [-0.4, -0.2) is 178 Å². The number of aromatic nitrogens is 5. The first-order valence-electron chi connectivity index (χ1n) is 24.7. The molecule has 9 heterocycles. The van der Waals surface area contributed by atoms with Gasteiger partial charge >= 0.3 is 0 Å². The van der Waals surface area contributed by atoms with E-state index in [-0.39, 0.29) is 30.7 Å². The standard InChI is InChI=1S/C50H59N15O5/c1-31-44(32(2)65-50(58(31)3)55-56-57-65)47(68)53-36-5-4-35-29-52-45(39(35)27-36)34-10-13-51-42(26-34)63-24-22-60(23-25-63)17-16-59-18-20-61(21-19-59)30-33-11-14-62(15-12-33)37-6-7-38-40(28-37)49(70)64(48(38)69)41-8-9-43(66)54-46(41)67/h4-7,10,13,26-28,32-33,41H,8-9,11-12,14-25,29-30H2,1-3H3,(H,53,68)(H,54,66,67)/t32-,41?/m1/s1. The highest BCUT2D eigenvalue weighted by Gasteiger charge is 2.45. The Labute approximate surface area is 406 Å². The topological polar surface area (TPSA) is 201 Å². The zero-order valence-electron chi connectivity index (χ0n) is 40.0. The summed E-state index contributed by atoms with van der Waals surface area (Å²) in [4.78, 5) is 89.5. The van der Waals surface area contributed by atoms with E-state index in [1.165, 1.54) is 0 Å². The highest BCUT2D eigenvalue weighted by atomic mass is 16.2. The van der Waals surface area contributed by atoms with Crippen molar-refractivity contribution in [3.63, 3.8) is 0 Å². The van der Waals surface area contributed by atoms with Crippen molar-refractivity contribution in [1.82, 2.24) is 50.1 Å². The number of piperidine rings is 2. The van der Waals surface area contributed by atoms with Gasteiger partial charge in [0.1, 0.15) is 11.9 Å². The summed E-state index contributed by atoms with van der Waals surface area (Å²) in [6.07, 6.45) is 4.25. The molecule has 20 heteroatoms. The van der Waals surface area contributed by atoms with Crippen LogP contribution in [0.15, 0.2) is 71.0 Å². The lowest BCUT2D eigenvalue weighted by atomic mass is 9.95. The van der Waals surface area contributed by atoms with E-state index in [1.807, 2.05) is 62.3 Å². The molecule has 0 bridgehead atoms. The molecule has 11 rings (SSSR count). The second-order valence-electron chi connectivity index (χ2n) is 19.6. The van der Waals surface area contributed by atoms with Crippen molar-refractivity contribution in [2.45, 2.75) is 58.2 Å². The number of imide groups is 2. The predicted molar refractivity (Wildman–Crippen MR) is 262 cm³/mol. The number of rotatable bonds is 11. The number of carbonyl (C=O) groups is 5. The Morgan fingerprint density at radius 1 is 0.786 bits per heavy atom. The third-order valence-corrected chi connectivity index (χ3v) is 15.6. The molecular formula is C50H59N15O5. The van der Waals surface area contributed by atoms with E-state index in [9.17, 15) is 24.0 Å². The van der Waals surface area contributed by atoms with E-state index >= 15 is 0 Å². The number of anilines is 4. The molecular weight excluding hydrogens is 891 g/mol. The van der Waals surface area contributed by atoms with Crippen LogP contribution < -0.4 is 25.3 Å². The number of pyridine rings is 1. The number of hydrogen-bond acceptors (Lipinski definition) is 16. The molecule has 2 atom stereocenters. The number of nitrogens with zero attached hydrogens (tertiary/aromatic N) is 13. The molecule has 4 aromatic rings. The molecule has 4 fully saturated rings. The van der Waals surface area contributed by atoms with Gasteiger partial charge in [0.05, 0.1) is 35.0 Å². The van der Waals surface area contributed by atoms with E-state index in [0.29, 0.717) is 40.8 Å². The fourth-order valence-corrected chi connectivity index (χ4v) is 11.3. The lowest BCUT2D eigenvalue weighted by molar-refractivity contribution is -0.136. The average molecular weight is 950 g/mol. The second kappa shape index (κ2) is 18.8. The summed E-state index contributed by atoms with van der Waals surface area (Å²) in [5.74, 6) is 0.0587. The number of amides is 5. The fourth-order valence-electron chi connectivity index (χ4n) is 11.3. The molecule has 2 aromatic heterocycles. The van der Waals surface area contributed by atoms with Crippen molar-refractivity contribution in [3.05, 3.63) is 93.8 Å². The Balaban J connectivity index is 0.612. The molecule has 2 aromatic carbocycles. The van der Waals surface area contributed by atoms with Gasteiger partial charge in [0.2, 0.25) is 17.8 Å². The summed E-state index contributed by atoms with van der Waals surface area (Å²) in [5.41, 5.74) is 7.75. The molecule has 7 aliphatic rings. The van der Waals surface area contributed by atoms with Crippen LogP contribution >= 0.6 is 0 Å². The maximum atomic E-state index is 13.7. The normalized spacial score (nSPS) is 22.6. The number of fused-ring (bicyclic) bond motifs is 3. The van der Waals surface area contributed by atoms with E-state index in [2.05, 4.69) is 56.7 Å². The SMILES string of the molecule is CC1=C(C(=O)Nc2ccc3c(c2)C(c2ccnc(N4CCN(CCN5CCN(CC6CCN(c7ccc8c(c7)C(=O)N(C7CCC(=O)NC7=O)C8=O)CC6)CC5)CC4)c2)=NC3)[C@@H](C)n2nnnc2N1C. The first-order chi connectivity index (χ1) is 34.0. The minimum absolute atomic E-state index is 0.101. The van der Waals surface area contributed by atoms with E-state index in [1.54, 1.807) is 16.8 Å². The Kier molecular flexibility index (Phi) is 12.2. The maximum Gasteiger partial charge on any atom is 0.262 e. The predicted octanol–water partition coefficient (Wildman–Crippen LogP) is 2.40. The van der Waals surface area contributed by atoms with Crippen molar-refractivity contribution >= 4 is 58.4 Å². The Hall–Kier alpha value is -6.90. The number of hydrogen-bond donors (Lipinski definition) is 2. The summed E-state index contributed by atoms with van der Waals surface area (Å²) >= 11 is 0. The molecule has 0 saturated carbocycles. The molecule has 5 amide bonds. The molecule has 7 aliphatic heterocycles. The third kappa shape index (κ3) is 8.61. The van der Waals surface area contributed by atoms with Gasteiger partial charge in [-0.3, -0.25) is 49.0 Å². The molecule has 364 valence electrons. The van der Waals surface area contributed by atoms with Gasteiger partial charge in [-0.05, 0) is 97.5 Å².